The van der Waals surface area contributed by atoms with Gasteiger partial charge in [0.25, 0.3) is 5.91 Å². The van der Waals surface area contributed by atoms with Crippen LogP contribution >= 0.6 is 11.8 Å². The normalized spacial score (nSPS) is 18.5. The van der Waals surface area contributed by atoms with E-state index in [0.29, 0.717) is 11.5 Å². The van der Waals surface area contributed by atoms with Crippen molar-refractivity contribution in [3.05, 3.63) is 17.8 Å². The minimum atomic E-state index is -0.0291. The molecule has 0 bridgehead atoms. The average Bonchev–Trinajstić information content (AvgIpc) is 2.37. The Bertz CT molecular complexity index is 432. The summed E-state index contributed by atoms with van der Waals surface area (Å²) in [7, 11) is 1.77. The van der Waals surface area contributed by atoms with E-state index in [-0.39, 0.29) is 10.7 Å². The van der Waals surface area contributed by atoms with Crippen LogP contribution < -0.4 is 5.32 Å². The van der Waals surface area contributed by atoms with Gasteiger partial charge in [-0.15, -0.1) is 10.2 Å². The third-order valence-electron chi connectivity index (χ3n) is 2.85. The Balaban J connectivity index is 2.10. The van der Waals surface area contributed by atoms with Crippen molar-refractivity contribution in [3.63, 3.8) is 0 Å². The molecule has 2 heterocycles. The fourth-order valence-corrected chi connectivity index (χ4v) is 3.04. The highest BCUT2D eigenvalue weighted by Crippen LogP contribution is 2.29. The summed E-state index contributed by atoms with van der Waals surface area (Å²) in [6, 6.07) is 3.49. The van der Waals surface area contributed by atoms with E-state index >= 15 is 0 Å². The van der Waals surface area contributed by atoms with E-state index in [2.05, 4.69) is 29.4 Å². The first kappa shape index (κ1) is 13.1. The van der Waals surface area contributed by atoms with Gasteiger partial charge < -0.3 is 10.2 Å². The van der Waals surface area contributed by atoms with E-state index in [1.165, 1.54) is 0 Å². The van der Waals surface area contributed by atoms with Gasteiger partial charge in [0.15, 0.2) is 5.69 Å². The summed E-state index contributed by atoms with van der Waals surface area (Å²) in [5.41, 5.74) is 0.414. The zero-order valence-electron chi connectivity index (χ0n) is 10.9. The predicted octanol–water partition coefficient (Wildman–Crippen LogP) is 1.49. The van der Waals surface area contributed by atoms with Crippen molar-refractivity contribution >= 4 is 23.5 Å². The highest BCUT2D eigenvalue weighted by atomic mass is 32.2. The first-order valence-corrected chi connectivity index (χ1v) is 6.95. The van der Waals surface area contributed by atoms with E-state index in [0.717, 1.165) is 18.8 Å². The summed E-state index contributed by atoms with van der Waals surface area (Å²) < 4.78 is 0.117. The minimum Gasteiger partial charge on any atom is -0.372 e. The standard InChI is InChI=1S/C12H18N4OS/c1-12(2)8-16(6-7-18-12)11(17)9-4-5-10(13-3)15-14-9/h4-5H,6-8H2,1-3H3,(H,13,15). The maximum absolute atomic E-state index is 12.3. The molecule has 0 radical (unpaired) electrons. The fourth-order valence-electron chi connectivity index (χ4n) is 1.93. The van der Waals surface area contributed by atoms with Gasteiger partial charge in [0, 0.05) is 30.6 Å². The third-order valence-corrected chi connectivity index (χ3v) is 4.15. The lowest BCUT2D eigenvalue weighted by molar-refractivity contribution is 0.0741. The molecule has 1 amide bonds. The van der Waals surface area contributed by atoms with Crippen LogP contribution in [-0.4, -0.2) is 51.6 Å². The van der Waals surface area contributed by atoms with Crippen molar-refractivity contribution in [2.24, 2.45) is 0 Å². The fraction of sp³-hybridized carbons (Fsp3) is 0.583. The molecule has 1 saturated heterocycles. The van der Waals surface area contributed by atoms with Crippen LogP contribution in [0.25, 0.3) is 0 Å². The molecule has 18 heavy (non-hydrogen) atoms. The number of nitrogens with one attached hydrogen (secondary N) is 1. The SMILES string of the molecule is CNc1ccc(C(=O)N2CCSC(C)(C)C2)nn1. The van der Waals surface area contributed by atoms with Crippen molar-refractivity contribution in [2.45, 2.75) is 18.6 Å². The number of aromatic nitrogens is 2. The molecule has 1 aromatic heterocycles. The van der Waals surface area contributed by atoms with E-state index in [1.54, 1.807) is 19.2 Å². The molecular weight excluding hydrogens is 248 g/mol. The van der Waals surface area contributed by atoms with Gasteiger partial charge in [-0.05, 0) is 26.0 Å². The van der Waals surface area contributed by atoms with E-state index in [4.69, 9.17) is 0 Å². The van der Waals surface area contributed by atoms with Gasteiger partial charge in [0.05, 0.1) is 0 Å². The number of anilines is 1. The van der Waals surface area contributed by atoms with Gasteiger partial charge in [-0.25, -0.2) is 0 Å². The first-order chi connectivity index (χ1) is 8.52. The summed E-state index contributed by atoms with van der Waals surface area (Å²) in [6.07, 6.45) is 0. The Morgan fingerprint density at radius 1 is 1.44 bits per heavy atom. The molecule has 5 nitrogen and oxygen atoms in total. The van der Waals surface area contributed by atoms with Gasteiger partial charge in [0.2, 0.25) is 0 Å². The maximum atomic E-state index is 12.3. The van der Waals surface area contributed by atoms with Crippen LogP contribution in [0.2, 0.25) is 0 Å². The number of amides is 1. The molecule has 0 saturated carbocycles. The number of rotatable bonds is 2. The summed E-state index contributed by atoms with van der Waals surface area (Å²) in [5.74, 6) is 1.61. The molecule has 1 N–H and O–H groups in total. The molecule has 1 aromatic rings. The van der Waals surface area contributed by atoms with Crippen LogP contribution in [0.15, 0.2) is 12.1 Å². The summed E-state index contributed by atoms with van der Waals surface area (Å²) in [5, 5.41) is 10.8. The molecule has 98 valence electrons. The zero-order valence-corrected chi connectivity index (χ0v) is 11.8. The van der Waals surface area contributed by atoms with Crippen molar-refractivity contribution < 1.29 is 4.79 Å². The summed E-state index contributed by atoms with van der Waals surface area (Å²) >= 11 is 1.90. The molecule has 0 spiro atoms. The number of hydrogen-bond donors (Lipinski definition) is 1. The Morgan fingerprint density at radius 2 is 2.22 bits per heavy atom. The number of thioether (sulfide) groups is 1. The Labute approximate surface area is 111 Å². The topological polar surface area (TPSA) is 58.1 Å². The summed E-state index contributed by atoms with van der Waals surface area (Å²) in [6.45, 7) is 5.86. The van der Waals surface area contributed by atoms with Gasteiger partial charge in [-0.2, -0.15) is 11.8 Å². The molecule has 6 heteroatoms. The number of carbonyl (C=O) groups is 1. The first-order valence-electron chi connectivity index (χ1n) is 5.96. The molecule has 1 aliphatic rings. The van der Waals surface area contributed by atoms with E-state index in [9.17, 15) is 4.79 Å². The van der Waals surface area contributed by atoms with Crippen molar-refractivity contribution in [1.82, 2.24) is 15.1 Å². The van der Waals surface area contributed by atoms with Crippen LogP contribution in [0.3, 0.4) is 0 Å². The van der Waals surface area contributed by atoms with Crippen LogP contribution in [0, 0.1) is 0 Å². The second-order valence-electron chi connectivity index (χ2n) is 4.89. The minimum absolute atomic E-state index is 0.0291. The number of hydrogen-bond acceptors (Lipinski definition) is 5. The number of carbonyl (C=O) groups excluding carboxylic acids is 1. The average molecular weight is 266 g/mol. The summed E-state index contributed by atoms with van der Waals surface area (Å²) in [4.78, 5) is 14.1. The molecular formula is C12H18N4OS. The largest absolute Gasteiger partial charge is 0.372 e. The Kier molecular flexibility index (Phi) is 3.75. The van der Waals surface area contributed by atoms with Crippen LogP contribution in [-0.2, 0) is 0 Å². The van der Waals surface area contributed by atoms with Crippen LogP contribution in [0.4, 0.5) is 5.82 Å². The molecule has 0 atom stereocenters. The van der Waals surface area contributed by atoms with Gasteiger partial charge in [-0.3, -0.25) is 4.79 Å². The molecule has 0 aromatic carbocycles. The van der Waals surface area contributed by atoms with Gasteiger partial charge in [0.1, 0.15) is 5.82 Å². The van der Waals surface area contributed by atoms with E-state index < -0.39 is 0 Å². The molecule has 1 aliphatic heterocycles. The van der Waals surface area contributed by atoms with Crippen LogP contribution in [0.5, 0.6) is 0 Å². The van der Waals surface area contributed by atoms with Crippen molar-refractivity contribution in [2.75, 3.05) is 31.2 Å². The Hall–Kier alpha value is -1.30. The lowest BCUT2D eigenvalue weighted by Crippen LogP contribution is -2.46. The van der Waals surface area contributed by atoms with E-state index in [1.807, 2.05) is 16.7 Å². The van der Waals surface area contributed by atoms with Crippen molar-refractivity contribution in [1.29, 1.82) is 0 Å². The molecule has 0 unspecified atom stereocenters. The van der Waals surface area contributed by atoms with Gasteiger partial charge >= 0.3 is 0 Å². The highest BCUT2D eigenvalue weighted by molar-refractivity contribution is 8.00. The Morgan fingerprint density at radius 3 is 2.78 bits per heavy atom. The second-order valence-corrected chi connectivity index (χ2v) is 6.69. The third kappa shape index (κ3) is 2.93. The smallest absolute Gasteiger partial charge is 0.274 e. The molecule has 1 fully saturated rings. The highest BCUT2D eigenvalue weighted by Gasteiger charge is 2.30. The van der Waals surface area contributed by atoms with Crippen molar-refractivity contribution in [3.8, 4) is 0 Å². The molecule has 0 aliphatic carbocycles. The monoisotopic (exact) mass is 266 g/mol. The lowest BCUT2D eigenvalue weighted by Gasteiger charge is -2.37. The van der Waals surface area contributed by atoms with Crippen LogP contribution in [0.1, 0.15) is 24.3 Å². The molecule has 2 rings (SSSR count). The maximum Gasteiger partial charge on any atom is 0.274 e. The second kappa shape index (κ2) is 5.14. The quantitative estimate of drug-likeness (QED) is 0.879. The zero-order chi connectivity index (χ0) is 13.2. The lowest BCUT2D eigenvalue weighted by atomic mass is 10.1. The predicted molar refractivity (Wildman–Crippen MR) is 74.0 cm³/mol. The van der Waals surface area contributed by atoms with Gasteiger partial charge in [-0.1, -0.05) is 0 Å². The number of nitrogens with zero attached hydrogens (tertiary/aromatic N) is 3.